The fourth-order valence-electron chi connectivity index (χ4n) is 2.64. The van der Waals surface area contributed by atoms with Gasteiger partial charge in [0.25, 0.3) is 0 Å². The lowest BCUT2D eigenvalue weighted by Crippen LogP contribution is -2.35. The molecule has 1 aromatic rings. The summed E-state index contributed by atoms with van der Waals surface area (Å²) in [5.74, 6) is 1.89. The van der Waals surface area contributed by atoms with E-state index in [0.29, 0.717) is 23.8 Å². The van der Waals surface area contributed by atoms with Crippen molar-refractivity contribution in [3.63, 3.8) is 0 Å². The molecule has 6 heteroatoms. The molecule has 1 aromatic heterocycles. The van der Waals surface area contributed by atoms with E-state index in [1.807, 2.05) is 14.1 Å². The predicted molar refractivity (Wildman–Crippen MR) is 80.5 cm³/mol. The smallest absolute Gasteiger partial charge is 0.170 e. The summed E-state index contributed by atoms with van der Waals surface area (Å²) < 4.78 is 1.76. The van der Waals surface area contributed by atoms with Crippen LogP contribution >= 0.6 is 0 Å². The number of hydrogen-bond acceptors (Lipinski definition) is 5. The number of nitrogen functional groups attached to an aromatic ring is 1. The lowest BCUT2D eigenvalue weighted by Gasteiger charge is -2.31. The van der Waals surface area contributed by atoms with Gasteiger partial charge < -0.3 is 15.5 Å². The maximum atomic E-state index is 9.37. The zero-order valence-corrected chi connectivity index (χ0v) is 12.6. The van der Waals surface area contributed by atoms with Gasteiger partial charge in [0.05, 0.1) is 6.54 Å². The van der Waals surface area contributed by atoms with E-state index in [2.05, 4.69) is 27.9 Å². The molecule has 2 N–H and O–H groups in total. The lowest BCUT2D eigenvalue weighted by molar-refractivity contribution is 0.374. The summed E-state index contributed by atoms with van der Waals surface area (Å²) in [5.41, 5.74) is 6.60. The fourth-order valence-corrected chi connectivity index (χ4v) is 2.64. The van der Waals surface area contributed by atoms with Gasteiger partial charge in [0, 0.05) is 19.6 Å². The third-order valence-corrected chi connectivity index (χ3v) is 3.80. The van der Waals surface area contributed by atoms with Crippen molar-refractivity contribution in [1.29, 1.82) is 5.26 Å². The summed E-state index contributed by atoms with van der Waals surface area (Å²) in [5, 5.41) is 13.9. The van der Waals surface area contributed by atoms with Gasteiger partial charge in [-0.2, -0.15) is 10.4 Å². The molecule has 6 nitrogen and oxygen atoms in total. The van der Waals surface area contributed by atoms with E-state index in [1.165, 1.54) is 6.42 Å². The molecule has 1 unspecified atom stereocenters. The SMILES string of the molecule is CC1CCCN(c2nn(CCN(C)C)c(N)c2C#N)C1. The molecule has 0 saturated carbocycles. The van der Waals surface area contributed by atoms with Crippen LogP contribution in [-0.4, -0.2) is 48.4 Å². The second kappa shape index (κ2) is 6.14. The minimum atomic E-state index is 0.488. The Hall–Kier alpha value is -1.74. The first kappa shape index (κ1) is 14.7. The zero-order valence-electron chi connectivity index (χ0n) is 12.6. The second-order valence-electron chi connectivity index (χ2n) is 5.92. The van der Waals surface area contributed by atoms with Crippen LogP contribution in [0.4, 0.5) is 11.6 Å². The molecule has 1 aliphatic heterocycles. The van der Waals surface area contributed by atoms with E-state index < -0.39 is 0 Å². The van der Waals surface area contributed by atoms with Gasteiger partial charge >= 0.3 is 0 Å². The Balaban J connectivity index is 2.24. The first-order chi connectivity index (χ1) is 9.52. The molecule has 2 rings (SSSR count). The highest BCUT2D eigenvalue weighted by Crippen LogP contribution is 2.28. The highest BCUT2D eigenvalue weighted by molar-refractivity contribution is 5.65. The number of hydrogen-bond donors (Lipinski definition) is 1. The third-order valence-electron chi connectivity index (χ3n) is 3.80. The lowest BCUT2D eigenvalue weighted by atomic mass is 10.0. The van der Waals surface area contributed by atoms with Gasteiger partial charge in [-0.3, -0.25) is 0 Å². The number of rotatable bonds is 4. The predicted octanol–water partition coefficient (Wildman–Crippen LogP) is 1.13. The number of anilines is 2. The van der Waals surface area contributed by atoms with Crippen LogP contribution in [0.2, 0.25) is 0 Å². The van der Waals surface area contributed by atoms with Crippen LogP contribution in [0.5, 0.6) is 0 Å². The Kier molecular flexibility index (Phi) is 4.50. The highest BCUT2D eigenvalue weighted by Gasteiger charge is 2.24. The first-order valence-corrected chi connectivity index (χ1v) is 7.19. The average molecular weight is 276 g/mol. The van der Waals surface area contributed by atoms with E-state index in [9.17, 15) is 5.26 Å². The van der Waals surface area contributed by atoms with Crippen LogP contribution in [0.3, 0.4) is 0 Å². The van der Waals surface area contributed by atoms with Crippen LogP contribution in [0.1, 0.15) is 25.3 Å². The maximum Gasteiger partial charge on any atom is 0.170 e. The van der Waals surface area contributed by atoms with Crippen molar-refractivity contribution in [3.8, 4) is 6.07 Å². The van der Waals surface area contributed by atoms with E-state index in [-0.39, 0.29) is 0 Å². The summed E-state index contributed by atoms with van der Waals surface area (Å²) in [4.78, 5) is 4.28. The molecular formula is C14H24N6. The molecule has 1 aliphatic rings. The normalized spacial score (nSPS) is 19.4. The van der Waals surface area contributed by atoms with Crippen LogP contribution in [0, 0.1) is 17.2 Å². The summed E-state index contributed by atoms with van der Waals surface area (Å²) in [6.45, 7) is 5.72. The Morgan fingerprint density at radius 2 is 2.25 bits per heavy atom. The number of nitriles is 1. The van der Waals surface area contributed by atoms with Gasteiger partial charge in [-0.15, -0.1) is 0 Å². The molecule has 1 saturated heterocycles. The summed E-state index contributed by atoms with van der Waals surface area (Å²) in [7, 11) is 4.02. The molecule has 20 heavy (non-hydrogen) atoms. The molecule has 0 spiro atoms. The average Bonchev–Trinajstić information content (AvgIpc) is 2.73. The molecule has 0 aliphatic carbocycles. The standard InChI is InChI=1S/C14H24N6/c1-11-5-4-6-19(10-11)14-12(9-15)13(16)20(17-14)8-7-18(2)3/h11H,4-8,10,16H2,1-3H3. The summed E-state index contributed by atoms with van der Waals surface area (Å²) in [6, 6.07) is 2.22. The van der Waals surface area contributed by atoms with Gasteiger partial charge in [0.1, 0.15) is 17.5 Å². The molecular weight excluding hydrogens is 252 g/mol. The van der Waals surface area contributed by atoms with Crippen molar-refractivity contribution in [2.75, 3.05) is 44.4 Å². The Morgan fingerprint density at radius 1 is 1.50 bits per heavy atom. The monoisotopic (exact) mass is 276 g/mol. The molecule has 0 aromatic carbocycles. The molecule has 2 heterocycles. The Bertz CT molecular complexity index is 498. The van der Waals surface area contributed by atoms with Gasteiger partial charge in [-0.05, 0) is 32.9 Å². The van der Waals surface area contributed by atoms with Crippen LogP contribution < -0.4 is 10.6 Å². The number of aromatic nitrogens is 2. The molecule has 1 fully saturated rings. The van der Waals surface area contributed by atoms with Gasteiger partial charge in [0.15, 0.2) is 5.82 Å². The van der Waals surface area contributed by atoms with Crippen LogP contribution in [0.25, 0.3) is 0 Å². The van der Waals surface area contributed by atoms with Crippen molar-refractivity contribution in [2.45, 2.75) is 26.3 Å². The first-order valence-electron chi connectivity index (χ1n) is 7.19. The van der Waals surface area contributed by atoms with Crippen molar-refractivity contribution in [3.05, 3.63) is 5.56 Å². The summed E-state index contributed by atoms with van der Waals surface area (Å²) in [6.07, 6.45) is 2.39. The fraction of sp³-hybridized carbons (Fsp3) is 0.714. The van der Waals surface area contributed by atoms with Crippen molar-refractivity contribution >= 4 is 11.6 Å². The largest absolute Gasteiger partial charge is 0.383 e. The van der Waals surface area contributed by atoms with Crippen LogP contribution in [-0.2, 0) is 6.54 Å². The maximum absolute atomic E-state index is 9.37. The van der Waals surface area contributed by atoms with Gasteiger partial charge in [-0.1, -0.05) is 6.92 Å². The Labute approximate surface area is 120 Å². The molecule has 0 radical (unpaired) electrons. The zero-order chi connectivity index (χ0) is 14.7. The van der Waals surface area contributed by atoms with E-state index in [1.54, 1.807) is 4.68 Å². The van der Waals surface area contributed by atoms with E-state index in [4.69, 9.17) is 5.73 Å². The second-order valence-corrected chi connectivity index (χ2v) is 5.92. The third kappa shape index (κ3) is 3.05. The van der Waals surface area contributed by atoms with Crippen molar-refractivity contribution in [1.82, 2.24) is 14.7 Å². The highest BCUT2D eigenvalue weighted by atomic mass is 15.4. The quantitative estimate of drug-likeness (QED) is 0.892. The van der Waals surface area contributed by atoms with Crippen LogP contribution in [0.15, 0.2) is 0 Å². The van der Waals surface area contributed by atoms with Crippen molar-refractivity contribution in [2.24, 2.45) is 5.92 Å². The molecule has 1 atom stereocenters. The van der Waals surface area contributed by atoms with E-state index >= 15 is 0 Å². The van der Waals surface area contributed by atoms with Gasteiger partial charge in [0.2, 0.25) is 0 Å². The molecule has 0 amide bonds. The minimum Gasteiger partial charge on any atom is -0.383 e. The Morgan fingerprint density at radius 3 is 2.85 bits per heavy atom. The number of nitrogens with zero attached hydrogens (tertiary/aromatic N) is 5. The topological polar surface area (TPSA) is 74.1 Å². The van der Waals surface area contributed by atoms with Crippen molar-refractivity contribution < 1.29 is 0 Å². The van der Waals surface area contributed by atoms with Gasteiger partial charge in [-0.25, -0.2) is 4.68 Å². The molecule has 0 bridgehead atoms. The molecule has 110 valence electrons. The number of nitrogens with two attached hydrogens (primary N) is 1. The number of likely N-dealkylation sites (N-methyl/N-ethyl adjacent to an activating group) is 1. The summed E-state index contributed by atoms with van der Waals surface area (Å²) >= 11 is 0. The number of piperidine rings is 1. The van der Waals surface area contributed by atoms with E-state index in [0.717, 1.165) is 31.9 Å². The minimum absolute atomic E-state index is 0.488.